The van der Waals surface area contributed by atoms with Crippen LogP contribution in [-0.2, 0) is 11.2 Å². The van der Waals surface area contributed by atoms with Crippen LogP contribution in [0.1, 0.15) is 32.3 Å². The molecule has 0 aliphatic heterocycles. The molecule has 2 N–H and O–H groups in total. The van der Waals surface area contributed by atoms with E-state index in [0.717, 1.165) is 12.8 Å². The number of aryl methyl sites for hydroxylation is 1. The Balaban J connectivity index is 0.00000361. The third kappa shape index (κ3) is 6.92. The minimum Gasteiger partial charge on any atom is -0.345 e. The van der Waals surface area contributed by atoms with E-state index in [1.165, 1.54) is 5.56 Å². The number of benzene rings is 1. The van der Waals surface area contributed by atoms with Crippen molar-refractivity contribution in [3.05, 3.63) is 35.9 Å². The number of amides is 1. The molecule has 0 fully saturated rings. The van der Waals surface area contributed by atoms with Gasteiger partial charge in [0.1, 0.15) is 0 Å². The van der Waals surface area contributed by atoms with Crippen molar-refractivity contribution in [3.8, 4) is 0 Å². The van der Waals surface area contributed by atoms with Crippen LogP contribution in [0.25, 0.3) is 0 Å². The highest BCUT2D eigenvalue weighted by Crippen LogP contribution is 2.15. The fourth-order valence-electron chi connectivity index (χ4n) is 2.07. The van der Waals surface area contributed by atoms with Crippen LogP contribution in [0, 0.1) is 5.41 Å². The Bertz CT molecular complexity index is 393. The molecule has 1 rings (SSSR count). The molecule has 114 valence electrons. The van der Waals surface area contributed by atoms with Crippen molar-refractivity contribution in [1.29, 1.82) is 0 Å². The summed E-state index contributed by atoms with van der Waals surface area (Å²) in [5.41, 5.74) is 6.97. The molecule has 3 nitrogen and oxygen atoms in total. The molecule has 0 saturated heterocycles. The molecule has 0 atom stereocenters. The van der Waals surface area contributed by atoms with E-state index in [0.29, 0.717) is 19.5 Å². The number of nitrogens with two attached hydrogens (primary N) is 1. The summed E-state index contributed by atoms with van der Waals surface area (Å²) in [6.07, 6.45) is 2.46. The van der Waals surface area contributed by atoms with E-state index in [1.807, 2.05) is 25.2 Å². The lowest BCUT2D eigenvalue weighted by atomic mass is 9.93. The van der Waals surface area contributed by atoms with Gasteiger partial charge in [0, 0.05) is 20.0 Å². The summed E-state index contributed by atoms with van der Waals surface area (Å²) in [6.45, 7) is 5.48. The highest BCUT2D eigenvalue weighted by Gasteiger charge is 2.20. The second-order valence-corrected chi connectivity index (χ2v) is 5.96. The number of hydrogen-bond acceptors (Lipinski definition) is 2. The van der Waals surface area contributed by atoms with Gasteiger partial charge in [-0.15, -0.1) is 12.4 Å². The summed E-state index contributed by atoms with van der Waals surface area (Å²) in [5, 5.41) is 0. The van der Waals surface area contributed by atoms with E-state index in [2.05, 4.69) is 26.0 Å². The number of carbonyl (C=O) groups is 1. The lowest BCUT2D eigenvalue weighted by Gasteiger charge is -2.29. The molecule has 0 heterocycles. The average Bonchev–Trinajstić information content (AvgIpc) is 2.39. The van der Waals surface area contributed by atoms with Crippen LogP contribution in [0.5, 0.6) is 0 Å². The Kier molecular flexibility index (Phi) is 8.51. The molecule has 1 aromatic rings. The highest BCUT2D eigenvalue weighted by molar-refractivity contribution is 5.85. The predicted octanol–water partition coefficient (Wildman–Crippen LogP) is 2.87. The zero-order valence-corrected chi connectivity index (χ0v) is 13.6. The van der Waals surface area contributed by atoms with E-state index in [-0.39, 0.29) is 23.7 Å². The van der Waals surface area contributed by atoms with Gasteiger partial charge in [-0.1, -0.05) is 44.2 Å². The first-order valence-corrected chi connectivity index (χ1v) is 6.92. The lowest BCUT2D eigenvalue weighted by Crippen LogP contribution is -2.39. The minimum absolute atomic E-state index is 0. The number of halogens is 1. The lowest BCUT2D eigenvalue weighted by molar-refractivity contribution is -0.131. The molecule has 0 aromatic heterocycles. The SMILES string of the molecule is CN(CC(C)(C)CN)C(=O)CCCc1ccccc1.Cl. The van der Waals surface area contributed by atoms with E-state index in [4.69, 9.17) is 5.73 Å². The zero-order valence-electron chi connectivity index (χ0n) is 12.8. The summed E-state index contributed by atoms with van der Waals surface area (Å²) >= 11 is 0. The summed E-state index contributed by atoms with van der Waals surface area (Å²) in [7, 11) is 1.86. The van der Waals surface area contributed by atoms with Crippen LogP contribution in [-0.4, -0.2) is 30.9 Å². The maximum Gasteiger partial charge on any atom is 0.222 e. The molecular formula is C16H27ClN2O. The Morgan fingerprint density at radius 3 is 2.40 bits per heavy atom. The first-order chi connectivity index (χ1) is 8.94. The van der Waals surface area contributed by atoms with Crippen molar-refractivity contribution >= 4 is 18.3 Å². The standard InChI is InChI=1S/C16H26N2O.ClH/c1-16(2,12-17)13-18(3)15(19)11-7-10-14-8-5-4-6-9-14;/h4-6,8-9H,7,10-13,17H2,1-3H3;1H. The Labute approximate surface area is 128 Å². The summed E-state index contributed by atoms with van der Waals surface area (Å²) in [6, 6.07) is 10.3. The molecule has 0 radical (unpaired) electrons. The largest absolute Gasteiger partial charge is 0.345 e. The van der Waals surface area contributed by atoms with Crippen LogP contribution >= 0.6 is 12.4 Å². The highest BCUT2D eigenvalue weighted by atomic mass is 35.5. The third-order valence-corrected chi connectivity index (χ3v) is 3.34. The average molecular weight is 299 g/mol. The maximum atomic E-state index is 12.0. The first-order valence-electron chi connectivity index (χ1n) is 6.92. The Morgan fingerprint density at radius 1 is 1.25 bits per heavy atom. The Morgan fingerprint density at radius 2 is 1.85 bits per heavy atom. The topological polar surface area (TPSA) is 46.3 Å². The van der Waals surface area contributed by atoms with Crippen molar-refractivity contribution in [2.75, 3.05) is 20.1 Å². The van der Waals surface area contributed by atoms with E-state index in [9.17, 15) is 4.79 Å². The predicted molar refractivity (Wildman–Crippen MR) is 87.1 cm³/mol. The number of nitrogens with zero attached hydrogens (tertiary/aromatic N) is 1. The molecule has 0 bridgehead atoms. The van der Waals surface area contributed by atoms with Crippen LogP contribution in [0.2, 0.25) is 0 Å². The van der Waals surface area contributed by atoms with Crippen molar-refractivity contribution in [2.24, 2.45) is 11.1 Å². The summed E-state index contributed by atoms with van der Waals surface area (Å²) in [5.74, 6) is 0.206. The van der Waals surface area contributed by atoms with Gasteiger partial charge in [-0.2, -0.15) is 0 Å². The minimum atomic E-state index is -0.0101. The molecule has 0 saturated carbocycles. The number of carbonyl (C=O) groups excluding carboxylic acids is 1. The summed E-state index contributed by atoms with van der Waals surface area (Å²) < 4.78 is 0. The monoisotopic (exact) mass is 298 g/mol. The van der Waals surface area contributed by atoms with Gasteiger partial charge in [0.05, 0.1) is 0 Å². The van der Waals surface area contributed by atoms with Gasteiger partial charge in [-0.3, -0.25) is 4.79 Å². The second kappa shape index (κ2) is 8.98. The van der Waals surface area contributed by atoms with Crippen LogP contribution < -0.4 is 5.73 Å². The van der Waals surface area contributed by atoms with Gasteiger partial charge in [-0.05, 0) is 30.4 Å². The van der Waals surface area contributed by atoms with Crippen molar-refractivity contribution in [1.82, 2.24) is 4.90 Å². The van der Waals surface area contributed by atoms with E-state index >= 15 is 0 Å². The van der Waals surface area contributed by atoms with Crippen LogP contribution in [0.3, 0.4) is 0 Å². The van der Waals surface area contributed by atoms with Gasteiger partial charge in [0.25, 0.3) is 0 Å². The van der Waals surface area contributed by atoms with E-state index in [1.54, 1.807) is 4.90 Å². The fourth-order valence-corrected chi connectivity index (χ4v) is 2.07. The van der Waals surface area contributed by atoms with E-state index < -0.39 is 0 Å². The van der Waals surface area contributed by atoms with Crippen molar-refractivity contribution < 1.29 is 4.79 Å². The summed E-state index contributed by atoms with van der Waals surface area (Å²) in [4.78, 5) is 13.8. The molecule has 20 heavy (non-hydrogen) atoms. The van der Waals surface area contributed by atoms with Gasteiger partial charge < -0.3 is 10.6 Å². The zero-order chi connectivity index (χ0) is 14.3. The van der Waals surface area contributed by atoms with Gasteiger partial charge in [-0.25, -0.2) is 0 Å². The maximum absolute atomic E-state index is 12.0. The fraction of sp³-hybridized carbons (Fsp3) is 0.562. The Hall–Kier alpha value is -1.06. The van der Waals surface area contributed by atoms with Gasteiger partial charge in [0.2, 0.25) is 5.91 Å². The molecule has 0 unspecified atom stereocenters. The van der Waals surface area contributed by atoms with Crippen LogP contribution in [0.4, 0.5) is 0 Å². The quantitative estimate of drug-likeness (QED) is 0.841. The molecule has 4 heteroatoms. The van der Waals surface area contributed by atoms with Gasteiger partial charge in [0.15, 0.2) is 0 Å². The first kappa shape index (κ1) is 18.9. The molecule has 1 amide bonds. The smallest absolute Gasteiger partial charge is 0.222 e. The molecular weight excluding hydrogens is 272 g/mol. The number of hydrogen-bond donors (Lipinski definition) is 1. The van der Waals surface area contributed by atoms with Crippen LogP contribution in [0.15, 0.2) is 30.3 Å². The molecule has 1 aromatic carbocycles. The third-order valence-electron chi connectivity index (χ3n) is 3.34. The normalized spacial score (nSPS) is 10.8. The van der Waals surface area contributed by atoms with Crippen molar-refractivity contribution in [2.45, 2.75) is 33.1 Å². The van der Waals surface area contributed by atoms with Crippen molar-refractivity contribution in [3.63, 3.8) is 0 Å². The molecule has 0 aliphatic carbocycles. The number of rotatable bonds is 7. The second-order valence-electron chi connectivity index (χ2n) is 5.96. The van der Waals surface area contributed by atoms with Gasteiger partial charge >= 0.3 is 0 Å². The molecule has 0 spiro atoms. The molecule has 0 aliphatic rings.